The smallest absolute Gasteiger partial charge is 0.394 e. The number of nitrogens with zero attached hydrogens (tertiary/aromatic N) is 2. The summed E-state index contributed by atoms with van der Waals surface area (Å²) in [5.74, 6) is 4.95. The lowest BCUT2D eigenvalue weighted by Crippen LogP contribution is -2.16. The highest BCUT2D eigenvalue weighted by molar-refractivity contribution is 5.69. The lowest BCUT2D eigenvalue weighted by atomic mass is 10.1. The first kappa shape index (κ1) is 21.9. The zero-order chi connectivity index (χ0) is 22.1. The highest BCUT2D eigenvalue weighted by atomic mass is 16.7. The average molecular weight is 408 g/mol. The quantitative estimate of drug-likeness (QED) is 0.211. The summed E-state index contributed by atoms with van der Waals surface area (Å²) in [5, 5.41) is 21.9. The van der Waals surface area contributed by atoms with Gasteiger partial charge < -0.3 is 9.47 Å². The van der Waals surface area contributed by atoms with Crippen LogP contribution in [0.5, 0.6) is 11.5 Å². The van der Waals surface area contributed by atoms with Crippen molar-refractivity contribution in [2.24, 2.45) is 0 Å². The van der Waals surface area contributed by atoms with Crippen molar-refractivity contribution < 1.29 is 24.1 Å². The number of carbonyl (C=O) groups is 1. The number of ether oxygens (including phenoxy) is 2. The summed E-state index contributed by atoms with van der Waals surface area (Å²) in [4.78, 5) is 33.1. The zero-order valence-electron chi connectivity index (χ0n) is 15.7. The van der Waals surface area contributed by atoms with Crippen LogP contribution in [-0.4, -0.2) is 16.0 Å². The van der Waals surface area contributed by atoms with Crippen molar-refractivity contribution in [3.8, 4) is 36.2 Å². The Labute approximate surface area is 171 Å². The normalized spacial score (nSPS) is 9.80. The fourth-order valence-electron chi connectivity index (χ4n) is 2.56. The second kappa shape index (κ2) is 10.2. The summed E-state index contributed by atoms with van der Waals surface area (Å²) in [5.41, 5.74) is 0.398. The fourth-order valence-corrected chi connectivity index (χ4v) is 2.56. The van der Waals surface area contributed by atoms with Crippen molar-refractivity contribution in [1.29, 1.82) is 0 Å². The van der Waals surface area contributed by atoms with Crippen LogP contribution in [0.2, 0.25) is 0 Å². The Bertz CT molecular complexity index is 981. The van der Waals surface area contributed by atoms with Crippen LogP contribution in [0.3, 0.4) is 0 Å². The molecule has 0 N–H and O–H groups in total. The van der Waals surface area contributed by atoms with E-state index in [-0.39, 0.29) is 48.6 Å². The van der Waals surface area contributed by atoms with Gasteiger partial charge in [0.15, 0.2) is 0 Å². The second-order valence-electron chi connectivity index (χ2n) is 5.96. The molecule has 0 atom stereocenters. The first-order valence-corrected chi connectivity index (χ1v) is 8.67. The summed E-state index contributed by atoms with van der Waals surface area (Å²) in [6.07, 6.45) is 10.4. The highest BCUT2D eigenvalue weighted by Gasteiger charge is 2.18. The molecule has 2 aromatic rings. The number of aryl methyl sites for hydroxylation is 2. The minimum absolute atomic E-state index is 0.0629. The lowest BCUT2D eigenvalue weighted by molar-refractivity contribution is -0.385. The number of carbonyl (C=O) groups excluding carboxylic acids is 1. The molecule has 0 bridgehead atoms. The summed E-state index contributed by atoms with van der Waals surface area (Å²) in [6.45, 7) is 0. The summed E-state index contributed by atoms with van der Waals surface area (Å²) in [7, 11) is 0. The molecular weight excluding hydrogens is 392 g/mol. The molecule has 0 amide bonds. The molecule has 152 valence electrons. The lowest BCUT2D eigenvalue weighted by Gasteiger charge is -2.11. The third kappa shape index (κ3) is 5.81. The molecule has 0 saturated carbocycles. The Balaban J connectivity index is 2.25. The van der Waals surface area contributed by atoms with Gasteiger partial charge in [0.2, 0.25) is 0 Å². The molecule has 0 saturated heterocycles. The molecular formula is C21H16N2O7. The van der Waals surface area contributed by atoms with Crippen LogP contribution in [-0.2, 0) is 12.8 Å². The first-order valence-electron chi connectivity index (χ1n) is 8.67. The number of rotatable bonds is 8. The number of hydrogen-bond acceptors (Lipinski definition) is 7. The van der Waals surface area contributed by atoms with E-state index < -0.39 is 16.0 Å². The molecule has 2 rings (SSSR count). The van der Waals surface area contributed by atoms with Crippen LogP contribution in [0.4, 0.5) is 16.2 Å². The maximum atomic E-state index is 12.3. The van der Waals surface area contributed by atoms with Gasteiger partial charge in [-0.1, -0.05) is 0 Å². The predicted octanol–water partition coefficient (Wildman–Crippen LogP) is 4.21. The van der Waals surface area contributed by atoms with E-state index in [1.807, 2.05) is 0 Å². The topological polar surface area (TPSA) is 122 Å². The molecule has 0 aliphatic heterocycles. The molecule has 0 aliphatic carbocycles. The zero-order valence-corrected chi connectivity index (χ0v) is 15.7. The van der Waals surface area contributed by atoms with E-state index in [4.69, 9.17) is 22.3 Å². The van der Waals surface area contributed by atoms with Crippen LogP contribution in [0.25, 0.3) is 0 Å². The average Bonchev–Trinajstić information content (AvgIpc) is 2.71. The Kier molecular flexibility index (Phi) is 7.49. The third-order valence-corrected chi connectivity index (χ3v) is 3.97. The van der Waals surface area contributed by atoms with Crippen molar-refractivity contribution in [2.45, 2.75) is 25.7 Å². The number of non-ortho nitro benzene ring substituents is 2. The SMILES string of the molecule is C#CCCc1cc([N+](=O)[O-])ccc1OC(=O)Oc1ccc([N+](=O)[O-])cc1CCC#C. The Hall–Kier alpha value is -4.37. The summed E-state index contributed by atoms with van der Waals surface area (Å²) < 4.78 is 10.4. The Morgan fingerprint density at radius 2 is 1.23 bits per heavy atom. The molecule has 9 heteroatoms. The largest absolute Gasteiger partial charge is 0.519 e. The molecule has 0 spiro atoms. The fraction of sp³-hybridized carbons (Fsp3) is 0.190. The second-order valence-corrected chi connectivity index (χ2v) is 5.96. The van der Waals surface area contributed by atoms with Gasteiger partial charge in [-0.05, 0) is 25.0 Å². The van der Waals surface area contributed by atoms with E-state index in [9.17, 15) is 25.0 Å². The van der Waals surface area contributed by atoms with Crippen molar-refractivity contribution >= 4 is 17.5 Å². The van der Waals surface area contributed by atoms with E-state index in [0.29, 0.717) is 11.1 Å². The van der Waals surface area contributed by atoms with Crippen molar-refractivity contribution in [3.05, 3.63) is 67.8 Å². The molecule has 0 heterocycles. The maximum Gasteiger partial charge on any atom is 0.519 e. The van der Waals surface area contributed by atoms with Crippen molar-refractivity contribution in [1.82, 2.24) is 0 Å². The van der Waals surface area contributed by atoms with Crippen LogP contribution in [0, 0.1) is 44.9 Å². The number of benzene rings is 2. The van der Waals surface area contributed by atoms with Gasteiger partial charge in [0.05, 0.1) is 9.85 Å². The van der Waals surface area contributed by atoms with Gasteiger partial charge in [0, 0.05) is 48.2 Å². The van der Waals surface area contributed by atoms with Gasteiger partial charge in [-0.2, -0.15) is 0 Å². The molecule has 0 fully saturated rings. The van der Waals surface area contributed by atoms with Gasteiger partial charge in [0.1, 0.15) is 11.5 Å². The van der Waals surface area contributed by atoms with Crippen LogP contribution in [0.15, 0.2) is 36.4 Å². The van der Waals surface area contributed by atoms with E-state index >= 15 is 0 Å². The summed E-state index contributed by atoms with van der Waals surface area (Å²) in [6, 6.07) is 7.47. The van der Waals surface area contributed by atoms with Crippen LogP contribution in [0.1, 0.15) is 24.0 Å². The Morgan fingerprint density at radius 3 is 1.57 bits per heavy atom. The minimum Gasteiger partial charge on any atom is -0.394 e. The van der Waals surface area contributed by atoms with Gasteiger partial charge in [0.25, 0.3) is 11.4 Å². The number of hydrogen-bond donors (Lipinski definition) is 0. The third-order valence-electron chi connectivity index (χ3n) is 3.97. The van der Waals surface area contributed by atoms with Crippen LogP contribution >= 0.6 is 0 Å². The van der Waals surface area contributed by atoms with E-state index in [0.717, 1.165) is 0 Å². The van der Waals surface area contributed by atoms with Gasteiger partial charge in [-0.25, -0.2) is 4.79 Å². The maximum absolute atomic E-state index is 12.3. The standard InChI is InChI=1S/C21H16N2O7/c1-3-5-7-15-13-17(22(25)26)9-11-19(15)29-21(24)30-20-12-10-18(23(27)28)14-16(20)8-6-4-2/h1-2,9-14H,5-8H2. The molecule has 0 unspecified atom stereocenters. The van der Waals surface area contributed by atoms with E-state index in [1.54, 1.807) is 0 Å². The van der Waals surface area contributed by atoms with Gasteiger partial charge in [-0.3, -0.25) is 20.2 Å². The monoisotopic (exact) mass is 408 g/mol. The molecule has 0 aromatic heterocycles. The highest BCUT2D eigenvalue weighted by Crippen LogP contribution is 2.28. The molecule has 9 nitrogen and oxygen atoms in total. The summed E-state index contributed by atoms with van der Waals surface area (Å²) >= 11 is 0. The number of nitro benzene ring substituents is 2. The minimum atomic E-state index is -1.11. The molecule has 30 heavy (non-hydrogen) atoms. The van der Waals surface area contributed by atoms with Gasteiger partial charge in [-0.15, -0.1) is 24.7 Å². The first-order chi connectivity index (χ1) is 14.3. The number of nitro groups is 2. The predicted molar refractivity (Wildman–Crippen MR) is 107 cm³/mol. The van der Waals surface area contributed by atoms with Gasteiger partial charge >= 0.3 is 6.16 Å². The number of terminal acetylenes is 2. The van der Waals surface area contributed by atoms with Crippen molar-refractivity contribution in [3.63, 3.8) is 0 Å². The van der Waals surface area contributed by atoms with E-state index in [1.165, 1.54) is 36.4 Å². The van der Waals surface area contributed by atoms with Crippen molar-refractivity contribution in [2.75, 3.05) is 0 Å². The molecule has 0 radical (unpaired) electrons. The van der Waals surface area contributed by atoms with E-state index in [2.05, 4.69) is 11.8 Å². The Morgan fingerprint density at radius 1 is 0.833 bits per heavy atom. The van der Waals surface area contributed by atoms with Crippen LogP contribution < -0.4 is 9.47 Å². The molecule has 0 aliphatic rings. The molecule has 2 aromatic carbocycles.